The van der Waals surface area contributed by atoms with Gasteiger partial charge in [-0.05, 0) is 55.1 Å². The van der Waals surface area contributed by atoms with Crippen molar-refractivity contribution in [3.05, 3.63) is 60.2 Å². The Morgan fingerprint density at radius 3 is 2.34 bits per heavy atom. The van der Waals surface area contributed by atoms with Crippen LogP contribution >= 0.6 is 0 Å². The number of methoxy groups -OCH3 is 2. The summed E-state index contributed by atoms with van der Waals surface area (Å²) in [7, 11) is 5.45. The predicted octanol–water partition coefficient (Wildman–Crippen LogP) is 4.63. The average Bonchev–Trinajstić information content (AvgIpc) is 3.48. The summed E-state index contributed by atoms with van der Waals surface area (Å²) in [6, 6.07) is 18.0. The Labute approximate surface area is 239 Å². The number of hydrogen-bond acceptors (Lipinski definition) is 11. The van der Waals surface area contributed by atoms with Crippen LogP contribution in [0, 0.1) is 0 Å². The second-order valence-corrected chi connectivity index (χ2v) is 9.99. The molecule has 2 N–H and O–H groups in total. The normalized spacial score (nSPS) is 15.0. The second kappa shape index (κ2) is 11.8. The largest absolute Gasteiger partial charge is 0.497 e. The Bertz CT molecular complexity index is 1480. The van der Waals surface area contributed by atoms with Gasteiger partial charge >= 0.3 is 6.01 Å². The standard InChI is InChI=1S/C30H34N6O5/c1-35-8-10-36(11-9-35)22-5-6-25(26(17-22)31-19-20-14-23(37-2)18-24(15-20)38-3)29-33-34-30(41-29)32-21-4-7-27-28(16-21)40-13-12-39-27/h4-7,14-18,31H,8-13,19H2,1-3H3,(H,32,34). The lowest BCUT2D eigenvalue weighted by atomic mass is 10.1. The number of nitrogens with one attached hydrogen (secondary N) is 2. The summed E-state index contributed by atoms with van der Waals surface area (Å²) < 4.78 is 28.3. The van der Waals surface area contributed by atoms with Gasteiger partial charge in [-0.2, -0.15) is 0 Å². The third-order valence-electron chi connectivity index (χ3n) is 7.21. The highest BCUT2D eigenvalue weighted by Crippen LogP contribution is 2.36. The van der Waals surface area contributed by atoms with Gasteiger partial charge in [0, 0.05) is 61.9 Å². The fraction of sp³-hybridized carbons (Fsp3) is 0.333. The van der Waals surface area contributed by atoms with Crippen molar-refractivity contribution >= 4 is 23.1 Å². The molecule has 1 fully saturated rings. The van der Waals surface area contributed by atoms with E-state index in [1.807, 2.05) is 42.5 Å². The topological polar surface area (TPSA) is 106 Å². The molecule has 2 aliphatic heterocycles. The molecule has 0 radical (unpaired) electrons. The Morgan fingerprint density at radius 1 is 0.829 bits per heavy atom. The number of rotatable bonds is 9. The number of piperazine rings is 1. The lowest BCUT2D eigenvalue weighted by molar-refractivity contribution is 0.171. The van der Waals surface area contributed by atoms with E-state index in [4.69, 9.17) is 23.4 Å². The fourth-order valence-electron chi connectivity index (χ4n) is 4.92. The van der Waals surface area contributed by atoms with Crippen LogP contribution in [0.15, 0.2) is 59.0 Å². The molecule has 0 unspecified atom stereocenters. The molecule has 3 heterocycles. The highest BCUT2D eigenvalue weighted by Gasteiger charge is 2.19. The van der Waals surface area contributed by atoms with Crippen molar-refractivity contribution in [2.45, 2.75) is 6.54 Å². The molecule has 4 aromatic rings. The van der Waals surface area contributed by atoms with Gasteiger partial charge in [0.1, 0.15) is 24.7 Å². The molecule has 3 aromatic carbocycles. The van der Waals surface area contributed by atoms with Gasteiger partial charge in [0.25, 0.3) is 5.89 Å². The minimum Gasteiger partial charge on any atom is -0.497 e. The van der Waals surface area contributed by atoms with E-state index in [9.17, 15) is 0 Å². The van der Waals surface area contributed by atoms with Crippen molar-refractivity contribution in [2.75, 3.05) is 76.2 Å². The molecular formula is C30H34N6O5. The summed E-state index contributed by atoms with van der Waals surface area (Å²) >= 11 is 0. The predicted molar refractivity (Wildman–Crippen MR) is 157 cm³/mol. The Hall–Kier alpha value is -4.64. The van der Waals surface area contributed by atoms with E-state index in [0.29, 0.717) is 31.4 Å². The van der Waals surface area contributed by atoms with E-state index in [0.717, 1.165) is 71.6 Å². The number of nitrogens with zero attached hydrogens (tertiary/aromatic N) is 4. The number of likely N-dealkylation sites (N-methyl/N-ethyl adjacent to an activating group) is 1. The summed E-state index contributed by atoms with van der Waals surface area (Å²) in [5.74, 6) is 3.28. The van der Waals surface area contributed by atoms with Crippen molar-refractivity contribution in [2.24, 2.45) is 0 Å². The number of benzene rings is 3. The van der Waals surface area contributed by atoms with Crippen molar-refractivity contribution in [1.82, 2.24) is 15.1 Å². The molecule has 0 saturated carbocycles. The zero-order chi connectivity index (χ0) is 28.2. The van der Waals surface area contributed by atoms with Gasteiger partial charge in [-0.25, -0.2) is 0 Å². The summed E-state index contributed by atoms with van der Waals surface area (Å²) in [4.78, 5) is 4.74. The van der Waals surface area contributed by atoms with Crippen molar-refractivity contribution in [1.29, 1.82) is 0 Å². The molecule has 0 spiro atoms. The van der Waals surface area contributed by atoms with Crippen LogP contribution in [0.5, 0.6) is 23.0 Å². The summed E-state index contributed by atoms with van der Waals surface area (Å²) in [6.45, 7) is 5.58. The number of fused-ring (bicyclic) bond motifs is 1. The first-order valence-corrected chi connectivity index (χ1v) is 13.6. The molecule has 41 heavy (non-hydrogen) atoms. The average molecular weight is 559 g/mol. The third-order valence-corrected chi connectivity index (χ3v) is 7.21. The maximum absolute atomic E-state index is 6.08. The van der Waals surface area contributed by atoms with Crippen LogP contribution in [0.4, 0.5) is 23.1 Å². The lowest BCUT2D eigenvalue weighted by Crippen LogP contribution is -2.44. The number of anilines is 4. The molecule has 214 valence electrons. The second-order valence-electron chi connectivity index (χ2n) is 9.99. The highest BCUT2D eigenvalue weighted by atomic mass is 16.6. The minimum absolute atomic E-state index is 0.281. The summed E-state index contributed by atoms with van der Waals surface area (Å²) in [5.41, 5.74) is 4.61. The molecule has 2 aliphatic rings. The molecule has 1 saturated heterocycles. The van der Waals surface area contributed by atoms with Gasteiger partial charge in [-0.15, -0.1) is 5.10 Å². The molecule has 6 rings (SSSR count). The third kappa shape index (κ3) is 6.09. The van der Waals surface area contributed by atoms with Crippen LogP contribution in [-0.2, 0) is 6.54 Å². The Morgan fingerprint density at radius 2 is 1.59 bits per heavy atom. The van der Waals surface area contributed by atoms with E-state index in [-0.39, 0.29) is 6.01 Å². The van der Waals surface area contributed by atoms with Crippen molar-refractivity contribution < 1.29 is 23.4 Å². The van der Waals surface area contributed by atoms with Gasteiger partial charge < -0.3 is 43.8 Å². The Kier molecular flexibility index (Phi) is 7.68. The van der Waals surface area contributed by atoms with Crippen LogP contribution in [-0.4, -0.2) is 75.8 Å². The monoisotopic (exact) mass is 558 g/mol. The maximum atomic E-state index is 6.08. The molecular weight excluding hydrogens is 524 g/mol. The van der Waals surface area contributed by atoms with E-state index >= 15 is 0 Å². The van der Waals surface area contributed by atoms with Gasteiger partial charge in [0.15, 0.2) is 11.5 Å². The number of aromatic nitrogens is 2. The van der Waals surface area contributed by atoms with E-state index in [1.165, 1.54) is 0 Å². The SMILES string of the molecule is COc1cc(CNc2cc(N3CCN(C)CC3)ccc2-c2nnc(Nc3ccc4c(c3)OCCO4)o2)cc(OC)c1. The highest BCUT2D eigenvalue weighted by molar-refractivity contribution is 5.77. The number of hydrogen-bond donors (Lipinski definition) is 2. The molecule has 0 aliphatic carbocycles. The molecule has 0 atom stereocenters. The first-order valence-electron chi connectivity index (χ1n) is 13.6. The minimum atomic E-state index is 0.281. The summed E-state index contributed by atoms with van der Waals surface area (Å²) in [6.07, 6.45) is 0. The van der Waals surface area contributed by atoms with E-state index in [1.54, 1.807) is 14.2 Å². The van der Waals surface area contributed by atoms with Gasteiger partial charge in [-0.1, -0.05) is 5.10 Å². The fourth-order valence-corrected chi connectivity index (χ4v) is 4.92. The quantitative estimate of drug-likeness (QED) is 0.300. The summed E-state index contributed by atoms with van der Waals surface area (Å²) in [5, 5.41) is 15.4. The van der Waals surface area contributed by atoms with Crippen molar-refractivity contribution in [3.8, 4) is 34.5 Å². The van der Waals surface area contributed by atoms with E-state index < -0.39 is 0 Å². The maximum Gasteiger partial charge on any atom is 0.320 e. The van der Waals surface area contributed by atoms with Gasteiger partial charge in [-0.3, -0.25) is 0 Å². The number of ether oxygens (including phenoxy) is 4. The van der Waals surface area contributed by atoms with Gasteiger partial charge in [0.2, 0.25) is 0 Å². The van der Waals surface area contributed by atoms with Crippen LogP contribution < -0.4 is 34.5 Å². The zero-order valence-corrected chi connectivity index (χ0v) is 23.5. The molecule has 1 aromatic heterocycles. The van der Waals surface area contributed by atoms with Crippen molar-refractivity contribution in [3.63, 3.8) is 0 Å². The van der Waals surface area contributed by atoms with Crippen LogP contribution in [0.2, 0.25) is 0 Å². The Balaban J connectivity index is 1.26. The van der Waals surface area contributed by atoms with Crippen LogP contribution in [0.25, 0.3) is 11.5 Å². The van der Waals surface area contributed by atoms with E-state index in [2.05, 4.69) is 49.8 Å². The molecule has 0 amide bonds. The molecule has 11 nitrogen and oxygen atoms in total. The molecule has 0 bridgehead atoms. The smallest absolute Gasteiger partial charge is 0.320 e. The first kappa shape index (κ1) is 26.6. The van der Waals surface area contributed by atoms with Crippen LogP contribution in [0.1, 0.15) is 5.56 Å². The lowest BCUT2D eigenvalue weighted by Gasteiger charge is -2.34. The van der Waals surface area contributed by atoms with Crippen LogP contribution in [0.3, 0.4) is 0 Å². The zero-order valence-electron chi connectivity index (χ0n) is 23.5. The van der Waals surface area contributed by atoms with Gasteiger partial charge in [0.05, 0.1) is 19.8 Å². The molecule has 11 heteroatoms. The first-order chi connectivity index (χ1) is 20.1.